The second-order valence-corrected chi connectivity index (χ2v) is 4.06. The fourth-order valence-electron chi connectivity index (χ4n) is 1.75. The van der Waals surface area contributed by atoms with E-state index in [0.717, 1.165) is 5.56 Å². The molecule has 0 aliphatic heterocycles. The molecule has 4 heteroatoms. The average Bonchev–Trinajstić information content (AvgIpc) is 2.42. The van der Waals surface area contributed by atoms with Crippen LogP contribution in [-0.2, 0) is 9.53 Å². The van der Waals surface area contributed by atoms with E-state index < -0.39 is 0 Å². The van der Waals surface area contributed by atoms with E-state index in [4.69, 9.17) is 9.84 Å². The first-order chi connectivity index (χ1) is 8.77. The van der Waals surface area contributed by atoms with Crippen molar-refractivity contribution in [2.24, 2.45) is 0 Å². The summed E-state index contributed by atoms with van der Waals surface area (Å²) in [5, 5.41) is 11.9. The number of nitrogens with one attached hydrogen (secondary N) is 1. The molecule has 0 fully saturated rings. The minimum absolute atomic E-state index is 0.0944. The summed E-state index contributed by atoms with van der Waals surface area (Å²) >= 11 is 0. The summed E-state index contributed by atoms with van der Waals surface area (Å²) in [5.74, 6) is 0.0255. The molecule has 0 spiro atoms. The van der Waals surface area contributed by atoms with Crippen LogP contribution in [0.3, 0.4) is 0 Å². The van der Waals surface area contributed by atoms with Crippen LogP contribution in [0.4, 0.5) is 0 Å². The Balaban J connectivity index is 2.46. The second-order valence-electron chi connectivity index (χ2n) is 4.06. The van der Waals surface area contributed by atoms with Crippen molar-refractivity contribution in [3.05, 3.63) is 35.9 Å². The van der Waals surface area contributed by atoms with E-state index in [1.54, 1.807) is 0 Å². The van der Waals surface area contributed by atoms with Gasteiger partial charge in [-0.2, -0.15) is 0 Å². The first-order valence-corrected chi connectivity index (χ1v) is 6.28. The fourth-order valence-corrected chi connectivity index (χ4v) is 1.75. The maximum Gasteiger partial charge on any atom is 0.246 e. The van der Waals surface area contributed by atoms with Crippen molar-refractivity contribution in [3.63, 3.8) is 0 Å². The number of carbonyl (C=O) groups excluding carboxylic acids is 1. The summed E-state index contributed by atoms with van der Waals surface area (Å²) in [6, 6.07) is 9.89. The van der Waals surface area contributed by atoms with Crippen LogP contribution in [0.25, 0.3) is 0 Å². The van der Waals surface area contributed by atoms with E-state index in [1.807, 2.05) is 37.3 Å². The zero-order valence-corrected chi connectivity index (χ0v) is 10.8. The van der Waals surface area contributed by atoms with Crippen LogP contribution in [0.1, 0.15) is 24.8 Å². The molecule has 1 aromatic rings. The van der Waals surface area contributed by atoms with Crippen LogP contribution in [0, 0.1) is 0 Å². The Bertz CT molecular complexity index is 340. The Morgan fingerprint density at radius 2 is 2.11 bits per heavy atom. The third-order valence-corrected chi connectivity index (χ3v) is 2.73. The minimum Gasteiger partial charge on any atom is -0.396 e. The fraction of sp³-hybridized carbons (Fsp3) is 0.500. The van der Waals surface area contributed by atoms with Crippen LogP contribution >= 0.6 is 0 Å². The molecular weight excluding hydrogens is 230 g/mol. The summed E-state index contributed by atoms with van der Waals surface area (Å²) in [6.07, 6.45) is 0.638. The van der Waals surface area contributed by atoms with Crippen molar-refractivity contribution in [2.75, 3.05) is 26.4 Å². The van der Waals surface area contributed by atoms with Gasteiger partial charge in [0, 0.05) is 25.7 Å². The second kappa shape index (κ2) is 8.66. The van der Waals surface area contributed by atoms with Crippen LogP contribution in [-0.4, -0.2) is 37.4 Å². The van der Waals surface area contributed by atoms with Gasteiger partial charge in [0.15, 0.2) is 0 Å². The molecule has 0 saturated heterocycles. The van der Waals surface area contributed by atoms with E-state index in [0.29, 0.717) is 19.6 Å². The number of carbonyl (C=O) groups is 1. The highest BCUT2D eigenvalue weighted by atomic mass is 16.5. The molecule has 2 N–H and O–H groups in total. The van der Waals surface area contributed by atoms with Gasteiger partial charge < -0.3 is 15.2 Å². The molecule has 0 radical (unpaired) electrons. The monoisotopic (exact) mass is 251 g/mol. The van der Waals surface area contributed by atoms with E-state index in [9.17, 15) is 4.79 Å². The van der Waals surface area contributed by atoms with Gasteiger partial charge in [0.25, 0.3) is 0 Å². The first kappa shape index (κ1) is 14.7. The van der Waals surface area contributed by atoms with Gasteiger partial charge in [-0.05, 0) is 18.9 Å². The summed E-state index contributed by atoms with van der Waals surface area (Å²) in [4.78, 5) is 11.4. The van der Waals surface area contributed by atoms with Gasteiger partial charge in [-0.1, -0.05) is 30.3 Å². The van der Waals surface area contributed by atoms with Crippen LogP contribution in [0.2, 0.25) is 0 Å². The zero-order chi connectivity index (χ0) is 13.2. The largest absolute Gasteiger partial charge is 0.396 e. The minimum atomic E-state index is -0.115. The molecular formula is C14H21NO3. The Kier molecular flexibility index (Phi) is 7.06. The Morgan fingerprint density at radius 3 is 2.72 bits per heavy atom. The molecule has 0 aliphatic rings. The quantitative estimate of drug-likeness (QED) is 0.732. The van der Waals surface area contributed by atoms with Crippen LogP contribution in [0.5, 0.6) is 0 Å². The third-order valence-electron chi connectivity index (χ3n) is 2.73. The highest BCUT2D eigenvalue weighted by molar-refractivity contribution is 5.77. The van der Waals surface area contributed by atoms with Crippen molar-refractivity contribution < 1.29 is 14.6 Å². The number of ether oxygens (including phenoxy) is 1. The number of hydrogen-bond donors (Lipinski definition) is 2. The van der Waals surface area contributed by atoms with Crippen LogP contribution in [0.15, 0.2) is 30.3 Å². The smallest absolute Gasteiger partial charge is 0.246 e. The Hall–Kier alpha value is -1.39. The Labute approximate surface area is 108 Å². The lowest BCUT2D eigenvalue weighted by Crippen LogP contribution is -2.31. The number of benzene rings is 1. The van der Waals surface area contributed by atoms with Crippen LogP contribution < -0.4 is 5.32 Å². The molecule has 4 nitrogen and oxygen atoms in total. The average molecular weight is 251 g/mol. The van der Waals surface area contributed by atoms with Gasteiger partial charge in [0.1, 0.15) is 6.61 Å². The highest BCUT2D eigenvalue weighted by Crippen LogP contribution is 2.17. The third kappa shape index (κ3) is 5.29. The van der Waals surface area contributed by atoms with E-state index in [1.165, 1.54) is 0 Å². The van der Waals surface area contributed by atoms with E-state index in [-0.39, 0.29) is 25.0 Å². The molecule has 1 rings (SSSR count). The zero-order valence-electron chi connectivity index (χ0n) is 10.8. The molecule has 0 aliphatic carbocycles. The summed E-state index contributed by atoms with van der Waals surface area (Å²) in [5.41, 5.74) is 1.13. The molecule has 0 aromatic heterocycles. The molecule has 1 unspecified atom stereocenters. The first-order valence-electron chi connectivity index (χ1n) is 6.28. The van der Waals surface area contributed by atoms with Gasteiger partial charge in [0.2, 0.25) is 5.91 Å². The van der Waals surface area contributed by atoms with Crippen molar-refractivity contribution in [1.29, 1.82) is 0 Å². The maximum atomic E-state index is 11.4. The summed E-state index contributed by atoms with van der Waals surface area (Å²) in [6.45, 7) is 3.12. The predicted octanol–water partition coefficient (Wildman–Crippen LogP) is 1.31. The number of aliphatic hydroxyl groups is 1. The van der Waals surface area contributed by atoms with Crippen molar-refractivity contribution in [3.8, 4) is 0 Å². The Morgan fingerprint density at radius 1 is 1.39 bits per heavy atom. The van der Waals surface area contributed by atoms with E-state index in [2.05, 4.69) is 5.32 Å². The molecule has 1 atom stereocenters. The maximum absolute atomic E-state index is 11.4. The normalized spacial score (nSPS) is 12.1. The van der Waals surface area contributed by atoms with Gasteiger partial charge in [-0.25, -0.2) is 0 Å². The lowest BCUT2D eigenvalue weighted by molar-refractivity contribution is -0.125. The van der Waals surface area contributed by atoms with E-state index >= 15 is 0 Å². The van der Waals surface area contributed by atoms with Crippen molar-refractivity contribution in [1.82, 2.24) is 5.32 Å². The molecule has 0 heterocycles. The number of amides is 1. The lowest BCUT2D eigenvalue weighted by Gasteiger charge is -2.17. The molecule has 1 amide bonds. The van der Waals surface area contributed by atoms with Crippen molar-refractivity contribution in [2.45, 2.75) is 19.3 Å². The number of aliphatic hydroxyl groups excluding tert-OH is 1. The summed E-state index contributed by atoms with van der Waals surface area (Å²) < 4.78 is 5.03. The van der Waals surface area contributed by atoms with Gasteiger partial charge >= 0.3 is 0 Å². The SMILES string of the molecule is CCOCC(=O)NCC(CCO)c1ccccc1. The summed E-state index contributed by atoms with van der Waals surface area (Å²) in [7, 11) is 0. The molecule has 0 saturated carbocycles. The molecule has 1 aromatic carbocycles. The van der Waals surface area contributed by atoms with Gasteiger partial charge in [0.05, 0.1) is 0 Å². The van der Waals surface area contributed by atoms with Crippen molar-refractivity contribution >= 4 is 5.91 Å². The molecule has 18 heavy (non-hydrogen) atoms. The molecule has 100 valence electrons. The van der Waals surface area contributed by atoms with Gasteiger partial charge in [-0.15, -0.1) is 0 Å². The van der Waals surface area contributed by atoms with Gasteiger partial charge in [-0.3, -0.25) is 4.79 Å². The lowest BCUT2D eigenvalue weighted by atomic mass is 9.96. The number of hydrogen-bond acceptors (Lipinski definition) is 3. The molecule has 0 bridgehead atoms. The number of rotatable bonds is 8. The standard InChI is InChI=1S/C14H21NO3/c1-2-18-11-14(17)15-10-13(8-9-16)12-6-4-3-5-7-12/h3-7,13,16H,2,8-11H2,1H3,(H,15,17). The predicted molar refractivity (Wildman–Crippen MR) is 70.4 cm³/mol. The topological polar surface area (TPSA) is 58.6 Å². The highest BCUT2D eigenvalue weighted by Gasteiger charge is 2.12.